The van der Waals surface area contributed by atoms with Crippen LogP contribution < -0.4 is 5.73 Å². The van der Waals surface area contributed by atoms with Gasteiger partial charge in [-0.2, -0.15) is 0 Å². The Morgan fingerprint density at radius 2 is 2.29 bits per heavy atom. The minimum Gasteiger partial charge on any atom is -0.463 e. The van der Waals surface area contributed by atoms with Gasteiger partial charge in [-0.1, -0.05) is 18.2 Å². The van der Waals surface area contributed by atoms with Crippen LogP contribution in [0.1, 0.15) is 20.3 Å². The summed E-state index contributed by atoms with van der Waals surface area (Å²) < 4.78 is 21.4. The van der Waals surface area contributed by atoms with Gasteiger partial charge in [-0.15, -0.1) is 0 Å². The molecular formula is C16H16N4O. The van der Waals surface area contributed by atoms with Gasteiger partial charge in [-0.05, 0) is 24.0 Å². The van der Waals surface area contributed by atoms with Crippen molar-refractivity contribution in [1.29, 1.82) is 0 Å². The number of fused-ring (bicyclic) bond motifs is 1. The van der Waals surface area contributed by atoms with Gasteiger partial charge in [0.05, 0.1) is 14.6 Å². The highest BCUT2D eigenvalue weighted by molar-refractivity contribution is 5.74. The molecule has 1 spiro atoms. The maximum Gasteiger partial charge on any atom is 0.282 e. The summed E-state index contributed by atoms with van der Waals surface area (Å²) in [6.07, 6.45) is 6.77. The first-order chi connectivity index (χ1) is 11.0. The van der Waals surface area contributed by atoms with E-state index in [1.54, 1.807) is 18.6 Å². The van der Waals surface area contributed by atoms with Gasteiger partial charge in [-0.25, -0.2) is 4.99 Å². The number of nitrogens with two attached hydrogens (primary N) is 1. The molecular weight excluding hydrogens is 264 g/mol. The van der Waals surface area contributed by atoms with Crippen molar-refractivity contribution in [2.24, 2.45) is 10.7 Å². The number of aliphatic imine (C=N–C) groups is 1. The van der Waals surface area contributed by atoms with Gasteiger partial charge in [0.2, 0.25) is 0 Å². The molecule has 5 nitrogen and oxygen atoms in total. The number of hydrogen-bond acceptors (Lipinski definition) is 5. The van der Waals surface area contributed by atoms with Gasteiger partial charge in [0.25, 0.3) is 6.02 Å². The number of benzene rings is 1. The highest BCUT2D eigenvalue weighted by atomic mass is 16.5. The molecule has 0 fully saturated rings. The zero-order valence-electron chi connectivity index (χ0n) is 13.4. The smallest absolute Gasteiger partial charge is 0.282 e. The van der Waals surface area contributed by atoms with E-state index in [1.807, 2.05) is 18.2 Å². The quantitative estimate of drug-likeness (QED) is 0.864. The van der Waals surface area contributed by atoms with E-state index in [9.17, 15) is 0 Å². The van der Waals surface area contributed by atoms with Gasteiger partial charge in [0, 0.05) is 24.4 Å². The maximum absolute atomic E-state index is 8.15. The fourth-order valence-corrected chi connectivity index (χ4v) is 3.10. The second-order valence-corrected chi connectivity index (χ2v) is 5.40. The van der Waals surface area contributed by atoms with E-state index < -0.39 is 12.1 Å². The van der Waals surface area contributed by atoms with Crippen molar-refractivity contribution in [1.82, 2.24) is 9.97 Å². The molecule has 2 N–H and O–H groups in total. The SMILES string of the molecule is [2H]C1([2H])OC(N)=NC12CCc1c(cccc1-c1cnccn1)C2. The zero-order valence-corrected chi connectivity index (χ0v) is 11.4. The van der Waals surface area contributed by atoms with Crippen molar-refractivity contribution < 1.29 is 7.48 Å². The number of aromatic nitrogens is 2. The predicted octanol–water partition coefficient (Wildman–Crippen LogP) is 1.72. The molecule has 0 saturated heterocycles. The predicted molar refractivity (Wildman–Crippen MR) is 79.8 cm³/mol. The van der Waals surface area contributed by atoms with E-state index in [4.69, 9.17) is 13.2 Å². The third-order valence-electron chi connectivity index (χ3n) is 4.05. The lowest BCUT2D eigenvalue weighted by Gasteiger charge is -2.31. The number of nitrogens with zero attached hydrogens (tertiary/aromatic N) is 3. The van der Waals surface area contributed by atoms with Gasteiger partial charge >= 0.3 is 0 Å². The van der Waals surface area contributed by atoms with E-state index >= 15 is 0 Å². The van der Waals surface area contributed by atoms with Crippen molar-refractivity contribution in [3.05, 3.63) is 47.9 Å². The molecule has 1 unspecified atom stereocenters. The normalized spacial score (nSPS) is 27.3. The molecule has 0 amide bonds. The Morgan fingerprint density at radius 1 is 1.33 bits per heavy atom. The Bertz CT molecular complexity index is 794. The molecule has 1 aromatic heterocycles. The summed E-state index contributed by atoms with van der Waals surface area (Å²) in [5, 5.41) is 0. The molecule has 1 atom stereocenters. The third-order valence-corrected chi connectivity index (χ3v) is 4.05. The molecule has 2 heterocycles. The first kappa shape index (κ1) is 10.3. The summed E-state index contributed by atoms with van der Waals surface area (Å²) >= 11 is 0. The summed E-state index contributed by atoms with van der Waals surface area (Å²) in [7, 11) is 0. The molecule has 2 aliphatic rings. The summed E-state index contributed by atoms with van der Waals surface area (Å²) in [5.41, 5.74) is 8.79. The van der Waals surface area contributed by atoms with E-state index in [2.05, 4.69) is 15.0 Å². The summed E-state index contributed by atoms with van der Waals surface area (Å²) in [6, 6.07) is 5.93. The summed E-state index contributed by atoms with van der Waals surface area (Å²) in [6.45, 7) is -1.88. The van der Waals surface area contributed by atoms with Gasteiger partial charge in [0.15, 0.2) is 0 Å². The topological polar surface area (TPSA) is 73.4 Å². The van der Waals surface area contributed by atoms with Crippen LogP contribution >= 0.6 is 0 Å². The Kier molecular flexibility index (Phi) is 2.23. The first-order valence-corrected chi connectivity index (χ1v) is 6.92. The molecule has 4 rings (SSSR count). The molecule has 1 aliphatic carbocycles. The average Bonchev–Trinajstić information content (AvgIpc) is 2.75. The lowest BCUT2D eigenvalue weighted by molar-refractivity contribution is 0.235. The van der Waals surface area contributed by atoms with Crippen LogP contribution in [-0.4, -0.2) is 28.1 Å². The standard InChI is InChI=1S/C16H16N4O/c17-15-20-16(10-21-15)5-4-12-11(8-16)2-1-3-13(12)14-9-18-6-7-19-14/h1-3,6-7,9H,4-5,8,10H2,(H2,17,20)/i10D2. The largest absolute Gasteiger partial charge is 0.463 e. The highest BCUT2D eigenvalue weighted by Crippen LogP contribution is 2.38. The number of hydrogen-bond donors (Lipinski definition) is 1. The fourth-order valence-electron chi connectivity index (χ4n) is 3.10. The Labute approximate surface area is 125 Å². The summed E-state index contributed by atoms with van der Waals surface area (Å²) in [5.74, 6) is 0. The van der Waals surface area contributed by atoms with Crippen molar-refractivity contribution in [2.75, 3.05) is 6.56 Å². The molecule has 0 radical (unpaired) electrons. The van der Waals surface area contributed by atoms with Crippen LogP contribution in [0.2, 0.25) is 0 Å². The van der Waals surface area contributed by atoms with Crippen LogP contribution in [-0.2, 0) is 17.6 Å². The lowest BCUT2D eigenvalue weighted by Crippen LogP contribution is -2.35. The lowest BCUT2D eigenvalue weighted by atomic mass is 9.77. The number of rotatable bonds is 1. The van der Waals surface area contributed by atoms with Crippen molar-refractivity contribution >= 4 is 6.02 Å². The molecule has 1 aromatic carbocycles. The van der Waals surface area contributed by atoms with Crippen LogP contribution in [0.25, 0.3) is 11.3 Å². The first-order valence-electron chi connectivity index (χ1n) is 7.92. The van der Waals surface area contributed by atoms with E-state index in [0.29, 0.717) is 19.3 Å². The van der Waals surface area contributed by atoms with E-state index in [1.165, 1.54) is 5.56 Å². The Balaban J connectivity index is 1.78. The maximum atomic E-state index is 8.15. The molecule has 0 bridgehead atoms. The molecule has 21 heavy (non-hydrogen) atoms. The third kappa shape index (κ3) is 2.05. The summed E-state index contributed by atoms with van der Waals surface area (Å²) in [4.78, 5) is 12.8. The van der Waals surface area contributed by atoms with Crippen molar-refractivity contribution in [3.8, 4) is 11.3 Å². The van der Waals surface area contributed by atoms with Gasteiger partial charge < -0.3 is 10.5 Å². The molecule has 5 heteroatoms. The second-order valence-electron chi connectivity index (χ2n) is 5.40. The number of amidine groups is 1. The Hall–Kier alpha value is -2.43. The minimum atomic E-state index is -1.88. The Morgan fingerprint density at radius 3 is 3.05 bits per heavy atom. The average molecular weight is 282 g/mol. The van der Waals surface area contributed by atoms with Crippen molar-refractivity contribution in [2.45, 2.75) is 24.8 Å². The molecule has 0 saturated carbocycles. The molecule has 2 aromatic rings. The van der Waals surface area contributed by atoms with E-state index in [-0.39, 0.29) is 6.02 Å². The van der Waals surface area contributed by atoms with Gasteiger partial charge in [-0.3, -0.25) is 9.97 Å². The number of ether oxygens (including phenoxy) is 1. The molecule has 1 aliphatic heterocycles. The highest BCUT2D eigenvalue weighted by Gasteiger charge is 2.39. The van der Waals surface area contributed by atoms with Crippen molar-refractivity contribution in [3.63, 3.8) is 0 Å². The second kappa shape index (κ2) is 4.55. The monoisotopic (exact) mass is 282 g/mol. The van der Waals surface area contributed by atoms with Crippen LogP contribution in [0, 0.1) is 0 Å². The van der Waals surface area contributed by atoms with Gasteiger partial charge in [0.1, 0.15) is 12.1 Å². The van der Waals surface area contributed by atoms with Crippen LogP contribution in [0.4, 0.5) is 0 Å². The minimum absolute atomic E-state index is 0.0662. The van der Waals surface area contributed by atoms with E-state index in [0.717, 1.165) is 16.8 Å². The molecule has 106 valence electrons. The zero-order chi connectivity index (χ0) is 16.1. The van der Waals surface area contributed by atoms with Crippen LogP contribution in [0.5, 0.6) is 0 Å². The fraction of sp³-hybridized carbons (Fsp3) is 0.312. The van der Waals surface area contributed by atoms with Crippen LogP contribution in [0.3, 0.4) is 0 Å². The van der Waals surface area contributed by atoms with Crippen LogP contribution in [0.15, 0.2) is 41.8 Å².